The van der Waals surface area contributed by atoms with Crippen LogP contribution in [0.4, 0.5) is 4.39 Å². The molecule has 0 saturated heterocycles. The van der Waals surface area contributed by atoms with E-state index in [2.05, 4.69) is 5.32 Å². The van der Waals surface area contributed by atoms with Crippen LogP contribution in [0.3, 0.4) is 0 Å². The van der Waals surface area contributed by atoms with Crippen molar-refractivity contribution in [1.82, 2.24) is 10.2 Å². The average Bonchev–Trinajstić information content (AvgIpc) is 2.78. The lowest BCUT2D eigenvalue weighted by Gasteiger charge is -2.20. The van der Waals surface area contributed by atoms with Gasteiger partial charge in [0.05, 0.1) is 13.0 Å². The number of nitrogens with zero attached hydrogens (tertiary/aromatic N) is 1. The number of hydrogen-bond acceptors (Lipinski definition) is 2. The van der Waals surface area contributed by atoms with Gasteiger partial charge < -0.3 is 10.2 Å². The second kappa shape index (κ2) is 10.3. The molecule has 0 aliphatic rings. The molecule has 3 aromatic carbocycles. The lowest BCUT2D eigenvalue weighted by Crippen LogP contribution is -2.41. The van der Waals surface area contributed by atoms with Crippen LogP contribution in [0.25, 0.3) is 11.1 Å². The van der Waals surface area contributed by atoms with E-state index in [1.807, 2.05) is 61.5 Å². The smallest absolute Gasteiger partial charge is 0.239 e. The van der Waals surface area contributed by atoms with Gasteiger partial charge in [-0.2, -0.15) is 0 Å². The Morgan fingerprint density at radius 1 is 0.833 bits per heavy atom. The van der Waals surface area contributed by atoms with Gasteiger partial charge in [-0.25, -0.2) is 4.39 Å². The molecule has 0 bridgehead atoms. The Bertz CT molecular complexity index is 970. The first-order valence-electron chi connectivity index (χ1n) is 9.98. The van der Waals surface area contributed by atoms with E-state index in [9.17, 15) is 14.0 Å². The molecule has 3 rings (SSSR count). The normalized spacial score (nSPS) is 10.5. The quantitative estimate of drug-likeness (QED) is 0.612. The largest absolute Gasteiger partial charge is 0.350 e. The second-order valence-corrected chi connectivity index (χ2v) is 7.05. The first-order chi connectivity index (χ1) is 14.5. The topological polar surface area (TPSA) is 49.4 Å². The van der Waals surface area contributed by atoms with Gasteiger partial charge in [-0.3, -0.25) is 9.59 Å². The molecule has 0 radical (unpaired) electrons. The van der Waals surface area contributed by atoms with Crippen molar-refractivity contribution in [2.24, 2.45) is 0 Å². The maximum atomic E-state index is 12.9. The summed E-state index contributed by atoms with van der Waals surface area (Å²) in [5, 5.41) is 2.77. The third-order valence-electron chi connectivity index (χ3n) is 4.89. The van der Waals surface area contributed by atoms with E-state index in [1.54, 1.807) is 12.1 Å². The van der Waals surface area contributed by atoms with Gasteiger partial charge in [-0.1, -0.05) is 66.7 Å². The van der Waals surface area contributed by atoms with E-state index >= 15 is 0 Å². The highest BCUT2D eigenvalue weighted by molar-refractivity contribution is 5.86. The molecule has 0 fully saturated rings. The Morgan fingerprint density at radius 2 is 1.43 bits per heavy atom. The highest BCUT2D eigenvalue weighted by atomic mass is 19.1. The lowest BCUT2D eigenvalue weighted by molar-refractivity contribution is -0.135. The summed E-state index contributed by atoms with van der Waals surface area (Å²) in [6.07, 6.45) is 0.244. The van der Waals surface area contributed by atoms with Crippen molar-refractivity contribution in [3.05, 3.63) is 95.8 Å². The van der Waals surface area contributed by atoms with Crippen LogP contribution in [0.5, 0.6) is 0 Å². The standard InChI is InChI=1S/C25H25FN2O2/c1-2-28(18-24(29)27-17-20-10-14-23(26)15-11-20)25(30)16-19-8-12-22(13-9-19)21-6-4-3-5-7-21/h3-15H,2,16-18H2,1H3,(H,27,29). The predicted octanol–water partition coefficient (Wildman–Crippen LogP) is 4.20. The Morgan fingerprint density at radius 3 is 2.07 bits per heavy atom. The Kier molecular flexibility index (Phi) is 7.33. The molecule has 1 N–H and O–H groups in total. The van der Waals surface area contributed by atoms with Crippen LogP contribution in [0.1, 0.15) is 18.1 Å². The van der Waals surface area contributed by atoms with Crippen molar-refractivity contribution in [3.63, 3.8) is 0 Å². The summed E-state index contributed by atoms with van der Waals surface area (Å²) in [5.41, 5.74) is 3.94. The molecule has 0 aliphatic heterocycles. The number of nitrogens with one attached hydrogen (secondary N) is 1. The van der Waals surface area contributed by atoms with Crippen LogP contribution >= 0.6 is 0 Å². The zero-order valence-electron chi connectivity index (χ0n) is 17.0. The molecule has 0 spiro atoms. The number of rotatable bonds is 8. The first kappa shape index (κ1) is 21.2. The lowest BCUT2D eigenvalue weighted by atomic mass is 10.0. The Balaban J connectivity index is 1.52. The number of halogens is 1. The van der Waals surface area contributed by atoms with Crippen LogP contribution in [0, 0.1) is 5.82 Å². The van der Waals surface area contributed by atoms with Gasteiger partial charge in [0.15, 0.2) is 0 Å². The van der Waals surface area contributed by atoms with Crippen molar-refractivity contribution in [1.29, 1.82) is 0 Å². The SMILES string of the molecule is CCN(CC(=O)NCc1ccc(F)cc1)C(=O)Cc1ccc(-c2ccccc2)cc1. The molecule has 30 heavy (non-hydrogen) atoms. The monoisotopic (exact) mass is 404 g/mol. The van der Waals surface area contributed by atoms with E-state index in [0.717, 1.165) is 22.3 Å². The summed E-state index contributed by atoms with van der Waals surface area (Å²) in [7, 11) is 0. The van der Waals surface area contributed by atoms with E-state index < -0.39 is 0 Å². The van der Waals surface area contributed by atoms with Crippen LogP contribution in [-0.2, 0) is 22.6 Å². The van der Waals surface area contributed by atoms with Gasteiger partial charge in [0.2, 0.25) is 11.8 Å². The third kappa shape index (κ3) is 6.01. The number of benzene rings is 3. The fourth-order valence-corrected chi connectivity index (χ4v) is 3.14. The van der Waals surface area contributed by atoms with Gasteiger partial charge in [-0.05, 0) is 41.3 Å². The fourth-order valence-electron chi connectivity index (χ4n) is 3.14. The molecule has 0 atom stereocenters. The van der Waals surface area contributed by atoms with Gasteiger partial charge in [0, 0.05) is 13.1 Å². The molecule has 0 heterocycles. The minimum atomic E-state index is -0.315. The van der Waals surface area contributed by atoms with Crippen LogP contribution in [0.15, 0.2) is 78.9 Å². The minimum absolute atomic E-state index is 0.00136. The fraction of sp³-hybridized carbons (Fsp3) is 0.200. The Hall–Kier alpha value is -3.47. The zero-order chi connectivity index (χ0) is 21.3. The number of carbonyl (C=O) groups is 2. The molecule has 154 valence electrons. The van der Waals surface area contributed by atoms with Crippen molar-refractivity contribution in [3.8, 4) is 11.1 Å². The van der Waals surface area contributed by atoms with Gasteiger partial charge in [0.25, 0.3) is 0 Å². The number of carbonyl (C=O) groups excluding carboxylic acids is 2. The summed E-state index contributed by atoms with van der Waals surface area (Å²) >= 11 is 0. The molecule has 5 heteroatoms. The van der Waals surface area contributed by atoms with Gasteiger partial charge >= 0.3 is 0 Å². The first-order valence-corrected chi connectivity index (χ1v) is 9.98. The third-order valence-corrected chi connectivity index (χ3v) is 4.89. The van der Waals surface area contributed by atoms with E-state index in [4.69, 9.17) is 0 Å². The highest BCUT2D eigenvalue weighted by Gasteiger charge is 2.16. The van der Waals surface area contributed by atoms with Crippen molar-refractivity contribution >= 4 is 11.8 Å². The van der Waals surface area contributed by atoms with Crippen LogP contribution in [-0.4, -0.2) is 29.8 Å². The minimum Gasteiger partial charge on any atom is -0.350 e. The molecular weight excluding hydrogens is 379 g/mol. The molecule has 0 unspecified atom stereocenters. The summed E-state index contributed by atoms with van der Waals surface area (Å²) in [4.78, 5) is 26.4. The predicted molar refractivity (Wildman–Crippen MR) is 116 cm³/mol. The van der Waals surface area contributed by atoms with Crippen LogP contribution in [0.2, 0.25) is 0 Å². The van der Waals surface area contributed by atoms with E-state index in [1.165, 1.54) is 17.0 Å². The number of likely N-dealkylation sites (N-methyl/N-ethyl adjacent to an activating group) is 1. The number of amides is 2. The maximum absolute atomic E-state index is 12.9. The average molecular weight is 404 g/mol. The zero-order valence-corrected chi connectivity index (χ0v) is 17.0. The van der Waals surface area contributed by atoms with Gasteiger partial charge in [-0.15, -0.1) is 0 Å². The summed E-state index contributed by atoms with van der Waals surface area (Å²) < 4.78 is 12.9. The van der Waals surface area contributed by atoms with Crippen molar-refractivity contribution in [2.75, 3.05) is 13.1 Å². The summed E-state index contributed by atoms with van der Waals surface area (Å²) in [5.74, 6) is -0.652. The van der Waals surface area contributed by atoms with E-state index in [0.29, 0.717) is 13.1 Å². The molecule has 0 aliphatic carbocycles. The summed E-state index contributed by atoms with van der Waals surface area (Å²) in [6.45, 7) is 2.60. The molecular formula is C25H25FN2O2. The molecule has 0 saturated carbocycles. The summed E-state index contributed by atoms with van der Waals surface area (Å²) in [6, 6.07) is 23.9. The van der Waals surface area contributed by atoms with Crippen molar-refractivity contribution in [2.45, 2.75) is 19.9 Å². The highest BCUT2D eigenvalue weighted by Crippen LogP contribution is 2.19. The second-order valence-electron chi connectivity index (χ2n) is 7.05. The molecule has 0 aromatic heterocycles. The maximum Gasteiger partial charge on any atom is 0.239 e. The van der Waals surface area contributed by atoms with Gasteiger partial charge in [0.1, 0.15) is 5.82 Å². The molecule has 2 amide bonds. The molecule has 4 nitrogen and oxygen atoms in total. The Labute approximate surface area is 176 Å². The van der Waals surface area contributed by atoms with Crippen molar-refractivity contribution < 1.29 is 14.0 Å². The van der Waals surface area contributed by atoms with Crippen LogP contribution < -0.4 is 5.32 Å². The van der Waals surface area contributed by atoms with E-state index in [-0.39, 0.29) is 30.6 Å². The number of hydrogen-bond donors (Lipinski definition) is 1. The molecule has 3 aromatic rings.